The third-order valence-corrected chi connectivity index (χ3v) is 4.44. The summed E-state index contributed by atoms with van der Waals surface area (Å²) in [5.74, 6) is 0.681. The summed E-state index contributed by atoms with van der Waals surface area (Å²) in [7, 11) is 1.63. The predicted octanol–water partition coefficient (Wildman–Crippen LogP) is 4.32. The van der Waals surface area contributed by atoms with Crippen LogP contribution in [0.25, 0.3) is 0 Å². The molecule has 3 rings (SSSR count). The third kappa shape index (κ3) is 4.64. The van der Waals surface area contributed by atoms with Gasteiger partial charge in [0.15, 0.2) is 5.78 Å². The molecule has 1 amide bonds. The quantitative estimate of drug-likeness (QED) is 0.637. The van der Waals surface area contributed by atoms with Gasteiger partial charge in [-0.1, -0.05) is 12.1 Å². The molecule has 0 aliphatic rings. The first-order valence-corrected chi connectivity index (χ1v) is 8.74. The number of benzene rings is 2. The number of nitrogens with zero attached hydrogens (tertiary/aromatic N) is 1. The summed E-state index contributed by atoms with van der Waals surface area (Å²) in [5.41, 5.74) is 2.32. The summed E-state index contributed by atoms with van der Waals surface area (Å²) in [6, 6.07) is 18.4. The number of rotatable bonds is 7. The molecule has 5 nitrogen and oxygen atoms in total. The molecule has 27 heavy (non-hydrogen) atoms. The molecule has 0 fully saturated rings. The Kier molecular flexibility index (Phi) is 5.71. The molecule has 2 aromatic carbocycles. The van der Waals surface area contributed by atoms with Crippen LogP contribution >= 0.6 is 0 Å². The number of hydrogen-bond donors (Lipinski definition) is 1. The molecule has 1 atom stereocenters. The maximum atomic E-state index is 12.6. The topological polar surface area (TPSA) is 60.3 Å². The Hall–Kier alpha value is -3.34. The van der Waals surface area contributed by atoms with Crippen molar-refractivity contribution in [3.8, 4) is 5.75 Å². The first-order chi connectivity index (χ1) is 13.1. The smallest absolute Gasteiger partial charge is 0.226 e. The van der Waals surface area contributed by atoms with Crippen molar-refractivity contribution in [2.75, 3.05) is 12.4 Å². The van der Waals surface area contributed by atoms with Gasteiger partial charge in [0.05, 0.1) is 19.6 Å². The highest BCUT2D eigenvalue weighted by atomic mass is 16.5. The standard InChI is InChI=1S/C22H22N2O3/c1-16(25)17-5-9-19(10-6-17)23-22(26)15-21(24-13-3-4-14-24)18-7-11-20(27-2)12-8-18/h3-14,21H,15H2,1-2H3,(H,23,26). The van der Waals surface area contributed by atoms with Crippen LogP contribution in [0.2, 0.25) is 0 Å². The highest BCUT2D eigenvalue weighted by molar-refractivity contribution is 5.95. The maximum absolute atomic E-state index is 12.6. The van der Waals surface area contributed by atoms with E-state index in [-0.39, 0.29) is 24.2 Å². The summed E-state index contributed by atoms with van der Waals surface area (Å²) in [6.07, 6.45) is 4.18. The van der Waals surface area contributed by atoms with Gasteiger partial charge < -0.3 is 14.6 Å². The van der Waals surface area contributed by atoms with E-state index in [1.165, 1.54) is 6.92 Å². The monoisotopic (exact) mass is 362 g/mol. The number of nitrogens with one attached hydrogen (secondary N) is 1. The number of ether oxygens (including phenoxy) is 1. The minimum Gasteiger partial charge on any atom is -0.497 e. The Labute approximate surface area is 158 Å². The van der Waals surface area contributed by atoms with E-state index in [0.717, 1.165) is 11.3 Å². The van der Waals surface area contributed by atoms with E-state index in [9.17, 15) is 9.59 Å². The van der Waals surface area contributed by atoms with Crippen LogP contribution in [0.4, 0.5) is 5.69 Å². The first kappa shape index (κ1) is 18.5. The zero-order chi connectivity index (χ0) is 19.2. The molecule has 1 N–H and O–H groups in total. The summed E-state index contributed by atoms with van der Waals surface area (Å²) < 4.78 is 7.23. The molecule has 0 saturated carbocycles. The summed E-state index contributed by atoms with van der Waals surface area (Å²) in [6.45, 7) is 1.52. The molecule has 0 bridgehead atoms. The zero-order valence-electron chi connectivity index (χ0n) is 15.4. The van der Waals surface area contributed by atoms with Gasteiger partial charge in [0.25, 0.3) is 0 Å². The van der Waals surface area contributed by atoms with Gasteiger partial charge in [-0.25, -0.2) is 0 Å². The van der Waals surface area contributed by atoms with Crippen LogP contribution in [-0.4, -0.2) is 23.4 Å². The average Bonchev–Trinajstić information content (AvgIpc) is 3.21. The minimum absolute atomic E-state index is 0.0000501. The number of anilines is 1. The molecular weight excluding hydrogens is 340 g/mol. The van der Waals surface area contributed by atoms with Crippen LogP contribution in [0.3, 0.4) is 0 Å². The highest BCUT2D eigenvalue weighted by Gasteiger charge is 2.18. The SMILES string of the molecule is COc1ccc(C(CC(=O)Nc2ccc(C(C)=O)cc2)n2cccc2)cc1. The lowest BCUT2D eigenvalue weighted by Gasteiger charge is -2.20. The molecular formula is C22H22N2O3. The molecule has 5 heteroatoms. The van der Waals surface area contributed by atoms with E-state index in [2.05, 4.69) is 5.32 Å². The van der Waals surface area contributed by atoms with Crippen LogP contribution in [0.1, 0.15) is 35.3 Å². The fourth-order valence-electron chi connectivity index (χ4n) is 2.95. The van der Waals surface area contributed by atoms with Gasteiger partial charge in [-0.15, -0.1) is 0 Å². The van der Waals surface area contributed by atoms with Gasteiger partial charge >= 0.3 is 0 Å². The number of carbonyl (C=O) groups is 2. The van der Waals surface area contributed by atoms with E-state index in [4.69, 9.17) is 4.74 Å². The first-order valence-electron chi connectivity index (χ1n) is 8.74. The van der Waals surface area contributed by atoms with E-state index >= 15 is 0 Å². The number of carbonyl (C=O) groups excluding carboxylic acids is 2. The zero-order valence-corrected chi connectivity index (χ0v) is 15.4. The number of ketones is 1. The van der Waals surface area contributed by atoms with E-state index in [1.807, 2.05) is 53.4 Å². The van der Waals surface area contributed by atoms with Crippen molar-refractivity contribution in [2.45, 2.75) is 19.4 Å². The van der Waals surface area contributed by atoms with Gasteiger partial charge in [-0.05, 0) is 61.0 Å². The van der Waals surface area contributed by atoms with Crippen molar-refractivity contribution >= 4 is 17.4 Å². The summed E-state index contributed by atoms with van der Waals surface area (Å²) in [5, 5.41) is 2.90. The molecule has 1 heterocycles. The Balaban J connectivity index is 1.75. The molecule has 138 valence electrons. The maximum Gasteiger partial charge on any atom is 0.226 e. The number of hydrogen-bond acceptors (Lipinski definition) is 3. The number of aromatic nitrogens is 1. The molecule has 0 aliphatic carbocycles. The average molecular weight is 362 g/mol. The summed E-state index contributed by atoms with van der Waals surface area (Å²) >= 11 is 0. The number of Topliss-reactive ketones (excluding diaryl/α,β-unsaturated/α-hetero) is 1. The van der Waals surface area contributed by atoms with Crippen LogP contribution < -0.4 is 10.1 Å². The number of amides is 1. The van der Waals surface area contributed by atoms with Crippen LogP contribution in [0.5, 0.6) is 5.75 Å². The second-order valence-corrected chi connectivity index (χ2v) is 6.31. The van der Waals surface area contributed by atoms with Crippen molar-refractivity contribution in [3.63, 3.8) is 0 Å². The lowest BCUT2D eigenvalue weighted by molar-refractivity contribution is -0.116. The molecule has 0 radical (unpaired) electrons. The van der Waals surface area contributed by atoms with E-state index in [1.54, 1.807) is 31.4 Å². The molecule has 1 unspecified atom stereocenters. The van der Waals surface area contributed by atoms with E-state index in [0.29, 0.717) is 11.3 Å². The normalized spacial score (nSPS) is 11.6. The third-order valence-electron chi connectivity index (χ3n) is 4.44. The van der Waals surface area contributed by atoms with E-state index < -0.39 is 0 Å². The van der Waals surface area contributed by atoms with Crippen LogP contribution in [0.15, 0.2) is 73.1 Å². The van der Waals surface area contributed by atoms with Crippen molar-refractivity contribution in [1.82, 2.24) is 4.57 Å². The Morgan fingerprint density at radius 1 is 1.00 bits per heavy atom. The molecule has 0 aliphatic heterocycles. The summed E-state index contributed by atoms with van der Waals surface area (Å²) in [4.78, 5) is 24.0. The lowest BCUT2D eigenvalue weighted by Crippen LogP contribution is -2.19. The van der Waals surface area contributed by atoms with Crippen molar-refractivity contribution in [2.24, 2.45) is 0 Å². The fourth-order valence-corrected chi connectivity index (χ4v) is 2.95. The largest absolute Gasteiger partial charge is 0.497 e. The van der Waals surface area contributed by atoms with Crippen molar-refractivity contribution < 1.29 is 14.3 Å². The van der Waals surface area contributed by atoms with Crippen molar-refractivity contribution in [1.29, 1.82) is 0 Å². The minimum atomic E-state index is -0.123. The lowest BCUT2D eigenvalue weighted by atomic mass is 10.0. The molecule has 0 saturated heterocycles. The van der Waals surface area contributed by atoms with Gasteiger partial charge in [-0.3, -0.25) is 9.59 Å². The van der Waals surface area contributed by atoms with Crippen molar-refractivity contribution in [3.05, 3.63) is 84.2 Å². The molecule has 0 spiro atoms. The highest BCUT2D eigenvalue weighted by Crippen LogP contribution is 2.25. The van der Waals surface area contributed by atoms with Gasteiger partial charge in [0.1, 0.15) is 5.75 Å². The Bertz CT molecular complexity index is 898. The Morgan fingerprint density at radius 3 is 2.19 bits per heavy atom. The molecule has 3 aromatic rings. The second kappa shape index (κ2) is 8.36. The van der Waals surface area contributed by atoms with Crippen LogP contribution in [0, 0.1) is 0 Å². The predicted molar refractivity (Wildman–Crippen MR) is 105 cm³/mol. The van der Waals surface area contributed by atoms with Crippen LogP contribution in [-0.2, 0) is 4.79 Å². The Morgan fingerprint density at radius 2 is 1.63 bits per heavy atom. The van der Waals surface area contributed by atoms with Gasteiger partial charge in [0.2, 0.25) is 5.91 Å². The fraction of sp³-hybridized carbons (Fsp3) is 0.182. The molecule has 1 aromatic heterocycles. The van der Waals surface area contributed by atoms with Gasteiger partial charge in [0, 0.05) is 23.6 Å². The second-order valence-electron chi connectivity index (χ2n) is 6.31. The van der Waals surface area contributed by atoms with Gasteiger partial charge in [-0.2, -0.15) is 0 Å². The number of methoxy groups -OCH3 is 1.